The number of hydrogen-bond acceptors (Lipinski definition) is 2. The van der Waals surface area contributed by atoms with Crippen LogP contribution in [0.15, 0.2) is 22.8 Å². The van der Waals surface area contributed by atoms with Crippen molar-refractivity contribution in [3.8, 4) is 12.3 Å². The molecule has 2 nitrogen and oxygen atoms in total. The molecule has 0 aliphatic heterocycles. The highest BCUT2D eigenvalue weighted by Crippen LogP contribution is 2.20. The van der Waals surface area contributed by atoms with Crippen LogP contribution in [0.5, 0.6) is 0 Å². The Morgan fingerprint density at radius 2 is 2.50 bits per heavy atom. The SMILES string of the molecule is C#CCN(C)c1ncccc1Br. The Balaban J connectivity index is 2.88. The highest BCUT2D eigenvalue weighted by atomic mass is 79.9. The van der Waals surface area contributed by atoms with Gasteiger partial charge in [0.25, 0.3) is 0 Å². The number of aromatic nitrogens is 1. The first-order valence-electron chi connectivity index (χ1n) is 3.51. The van der Waals surface area contributed by atoms with Crippen molar-refractivity contribution in [1.82, 2.24) is 4.98 Å². The molecule has 0 radical (unpaired) electrons. The van der Waals surface area contributed by atoms with E-state index in [2.05, 4.69) is 26.8 Å². The fourth-order valence-corrected chi connectivity index (χ4v) is 1.43. The molecule has 1 aromatic heterocycles. The fourth-order valence-electron chi connectivity index (χ4n) is 0.870. The third-order valence-electron chi connectivity index (χ3n) is 1.43. The van der Waals surface area contributed by atoms with Crippen molar-refractivity contribution in [3.63, 3.8) is 0 Å². The first kappa shape index (κ1) is 9.08. The number of hydrogen-bond donors (Lipinski definition) is 0. The zero-order chi connectivity index (χ0) is 8.97. The Labute approximate surface area is 80.7 Å². The molecule has 1 heterocycles. The van der Waals surface area contributed by atoms with Crippen LogP contribution in [0.25, 0.3) is 0 Å². The third-order valence-corrected chi connectivity index (χ3v) is 2.05. The monoisotopic (exact) mass is 224 g/mol. The van der Waals surface area contributed by atoms with Crippen LogP contribution in [0, 0.1) is 12.3 Å². The van der Waals surface area contributed by atoms with Crippen LogP contribution in [0.2, 0.25) is 0 Å². The summed E-state index contributed by atoms with van der Waals surface area (Å²) < 4.78 is 0.961. The van der Waals surface area contributed by atoms with Crippen LogP contribution in [-0.2, 0) is 0 Å². The molecule has 0 aliphatic carbocycles. The highest BCUT2D eigenvalue weighted by molar-refractivity contribution is 9.10. The van der Waals surface area contributed by atoms with E-state index in [0.29, 0.717) is 6.54 Å². The van der Waals surface area contributed by atoms with Gasteiger partial charge in [-0.15, -0.1) is 6.42 Å². The van der Waals surface area contributed by atoms with Gasteiger partial charge in [-0.25, -0.2) is 4.98 Å². The Bertz CT molecular complexity index is 304. The summed E-state index contributed by atoms with van der Waals surface area (Å²) >= 11 is 3.39. The normalized spacial score (nSPS) is 9.08. The Hall–Kier alpha value is -1.01. The maximum Gasteiger partial charge on any atom is 0.143 e. The molecule has 1 aromatic rings. The van der Waals surface area contributed by atoms with Gasteiger partial charge in [0.1, 0.15) is 5.82 Å². The van der Waals surface area contributed by atoms with E-state index >= 15 is 0 Å². The zero-order valence-electron chi connectivity index (χ0n) is 6.79. The lowest BCUT2D eigenvalue weighted by Crippen LogP contribution is -2.18. The van der Waals surface area contributed by atoms with Gasteiger partial charge < -0.3 is 4.90 Å². The molecule has 0 N–H and O–H groups in total. The van der Waals surface area contributed by atoms with Gasteiger partial charge in [0.05, 0.1) is 11.0 Å². The minimum absolute atomic E-state index is 0.565. The molecule has 62 valence electrons. The van der Waals surface area contributed by atoms with Crippen molar-refractivity contribution in [2.45, 2.75) is 0 Å². The van der Waals surface area contributed by atoms with Crippen LogP contribution in [0.4, 0.5) is 5.82 Å². The third kappa shape index (κ3) is 1.99. The van der Waals surface area contributed by atoms with Crippen molar-refractivity contribution < 1.29 is 0 Å². The van der Waals surface area contributed by atoms with Gasteiger partial charge in [-0.2, -0.15) is 0 Å². The van der Waals surface area contributed by atoms with Crippen LogP contribution >= 0.6 is 15.9 Å². The molecule has 0 fully saturated rings. The van der Waals surface area contributed by atoms with Crippen molar-refractivity contribution in [1.29, 1.82) is 0 Å². The van der Waals surface area contributed by atoms with Crippen molar-refractivity contribution >= 4 is 21.7 Å². The van der Waals surface area contributed by atoms with Crippen molar-refractivity contribution in [2.75, 3.05) is 18.5 Å². The van der Waals surface area contributed by atoms with Gasteiger partial charge in [-0.1, -0.05) is 5.92 Å². The van der Waals surface area contributed by atoms with Gasteiger partial charge in [-0.05, 0) is 28.1 Å². The lowest BCUT2D eigenvalue weighted by Gasteiger charge is -2.15. The predicted octanol–water partition coefficient (Wildman–Crippen LogP) is 1.91. The van der Waals surface area contributed by atoms with E-state index in [1.807, 2.05) is 24.1 Å². The summed E-state index contributed by atoms with van der Waals surface area (Å²) in [4.78, 5) is 6.09. The van der Waals surface area contributed by atoms with Gasteiger partial charge in [0, 0.05) is 13.2 Å². The number of anilines is 1. The summed E-state index contributed by atoms with van der Waals surface area (Å²) in [5.74, 6) is 3.43. The molecular formula is C9H9BrN2. The number of rotatable bonds is 2. The van der Waals surface area contributed by atoms with E-state index in [1.165, 1.54) is 0 Å². The summed E-state index contributed by atoms with van der Waals surface area (Å²) in [6.07, 6.45) is 6.93. The van der Waals surface area contributed by atoms with Crippen LogP contribution in [-0.4, -0.2) is 18.6 Å². The van der Waals surface area contributed by atoms with E-state index in [-0.39, 0.29) is 0 Å². The molecule has 0 atom stereocenters. The molecule has 0 saturated carbocycles. The summed E-state index contributed by atoms with van der Waals surface area (Å²) in [6.45, 7) is 0.565. The Morgan fingerprint density at radius 3 is 3.08 bits per heavy atom. The Kier molecular flexibility index (Phi) is 3.12. The number of terminal acetylenes is 1. The molecule has 0 unspecified atom stereocenters. The highest BCUT2D eigenvalue weighted by Gasteiger charge is 2.03. The standard InChI is InChI=1S/C9H9BrN2/c1-3-7-12(2)9-8(10)5-4-6-11-9/h1,4-6H,7H2,2H3. The molecule has 0 aliphatic rings. The van der Waals surface area contributed by atoms with Crippen molar-refractivity contribution in [3.05, 3.63) is 22.8 Å². The van der Waals surface area contributed by atoms with Crippen LogP contribution < -0.4 is 4.90 Å². The first-order chi connectivity index (χ1) is 5.75. The second-order valence-electron chi connectivity index (χ2n) is 2.37. The molecule has 3 heteroatoms. The molecule has 0 aromatic carbocycles. The zero-order valence-corrected chi connectivity index (χ0v) is 8.37. The van der Waals surface area contributed by atoms with E-state index in [4.69, 9.17) is 6.42 Å². The van der Waals surface area contributed by atoms with E-state index < -0.39 is 0 Å². The maximum atomic E-state index is 5.18. The van der Waals surface area contributed by atoms with Gasteiger partial charge >= 0.3 is 0 Å². The van der Waals surface area contributed by atoms with Crippen LogP contribution in [0.1, 0.15) is 0 Å². The van der Waals surface area contributed by atoms with E-state index in [1.54, 1.807) is 6.20 Å². The van der Waals surface area contributed by atoms with E-state index in [9.17, 15) is 0 Å². The second kappa shape index (κ2) is 4.13. The van der Waals surface area contributed by atoms with Crippen molar-refractivity contribution in [2.24, 2.45) is 0 Å². The fraction of sp³-hybridized carbons (Fsp3) is 0.222. The quantitative estimate of drug-likeness (QED) is 0.714. The smallest absolute Gasteiger partial charge is 0.143 e. The molecule has 0 saturated heterocycles. The Morgan fingerprint density at radius 1 is 1.75 bits per heavy atom. The average molecular weight is 225 g/mol. The van der Waals surface area contributed by atoms with E-state index in [0.717, 1.165) is 10.3 Å². The lowest BCUT2D eigenvalue weighted by molar-refractivity contribution is 1.000. The van der Waals surface area contributed by atoms with Crippen LogP contribution in [0.3, 0.4) is 0 Å². The maximum absolute atomic E-state index is 5.18. The molecule has 12 heavy (non-hydrogen) atoms. The largest absolute Gasteiger partial charge is 0.348 e. The topological polar surface area (TPSA) is 16.1 Å². The first-order valence-corrected chi connectivity index (χ1v) is 4.30. The minimum atomic E-state index is 0.565. The van der Waals surface area contributed by atoms with Gasteiger partial charge in [0.2, 0.25) is 0 Å². The summed E-state index contributed by atoms with van der Waals surface area (Å²) in [5.41, 5.74) is 0. The number of nitrogens with zero attached hydrogens (tertiary/aromatic N) is 2. The number of halogens is 1. The molecule has 0 amide bonds. The molecule has 0 spiro atoms. The molecular weight excluding hydrogens is 216 g/mol. The molecule has 1 rings (SSSR count). The predicted molar refractivity (Wildman–Crippen MR) is 54.0 cm³/mol. The van der Waals surface area contributed by atoms with Gasteiger partial charge in [-0.3, -0.25) is 0 Å². The minimum Gasteiger partial charge on any atom is -0.348 e. The lowest BCUT2D eigenvalue weighted by atomic mass is 10.4. The summed E-state index contributed by atoms with van der Waals surface area (Å²) in [7, 11) is 1.91. The average Bonchev–Trinajstić information content (AvgIpc) is 2.05. The second-order valence-corrected chi connectivity index (χ2v) is 3.22. The number of pyridine rings is 1. The summed E-state index contributed by atoms with van der Waals surface area (Å²) in [5, 5.41) is 0. The summed E-state index contributed by atoms with van der Waals surface area (Å²) in [6, 6.07) is 3.81. The van der Waals surface area contributed by atoms with Gasteiger partial charge in [0.15, 0.2) is 0 Å². The molecule has 0 bridgehead atoms.